The molecule has 1 aliphatic carbocycles. The number of methoxy groups -OCH3 is 1. The molecule has 1 aliphatic heterocycles. The van der Waals surface area contributed by atoms with Gasteiger partial charge in [0.1, 0.15) is 11.8 Å². The van der Waals surface area contributed by atoms with Gasteiger partial charge in [-0.25, -0.2) is 13.2 Å². The van der Waals surface area contributed by atoms with Gasteiger partial charge in [-0.1, -0.05) is 0 Å². The Morgan fingerprint density at radius 2 is 1.74 bits per heavy atom. The lowest BCUT2D eigenvalue weighted by atomic mass is 9.96. The van der Waals surface area contributed by atoms with Crippen LogP contribution in [0.2, 0.25) is 0 Å². The molecule has 0 spiro atoms. The number of hydrogen-bond donors (Lipinski definition) is 2. The maximum atomic E-state index is 12.7. The van der Waals surface area contributed by atoms with Gasteiger partial charge in [0.05, 0.1) is 12.0 Å². The van der Waals surface area contributed by atoms with Crippen LogP contribution in [0.25, 0.3) is 0 Å². The Morgan fingerprint density at radius 3 is 2.22 bits per heavy atom. The van der Waals surface area contributed by atoms with E-state index in [1.165, 1.54) is 23.5 Å². The van der Waals surface area contributed by atoms with Gasteiger partial charge in [-0.15, -0.1) is 0 Å². The molecule has 148 valence electrons. The smallest absolute Gasteiger partial charge is 0.326 e. The third-order valence-electron chi connectivity index (χ3n) is 5.18. The minimum Gasteiger partial charge on any atom is -0.497 e. The molecule has 1 amide bonds. The Hall–Kier alpha value is -2.13. The molecular weight excluding hydrogens is 372 g/mol. The van der Waals surface area contributed by atoms with Crippen LogP contribution in [-0.4, -0.2) is 55.9 Å². The lowest BCUT2D eigenvalue weighted by Gasteiger charge is -2.31. The minimum atomic E-state index is -3.62. The van der Waals surface area contributed by atoms with E-state index in [1.807, 2.05) is 0 Å². The van der Waals surface area contributed by atoms with E-state index < -0.39 is 22.0 Å². The van der Waals surface area contributed by atoms with E-state index in [9.17, 15) is 23.1 Å². The van der Waals surface area contributed by atoms with E-state index in [-0.39, 0.29) is 35.7 Å². The predicted octanol–water partition coefficient (Wildman–Crippen LogP) is 1.08. The van der Waals surface area contributed by atoms with Crippen LogP contribution in [-0.2, 0) is 19.6 Å². The van der Waals surface area contributed by atoms with Gasteiger partial charge in [0.15, 0.2) is 0 Å². The first-order valence-electron chi connectivity index (χ1n) is 9.00. The van der Waals surface area contributed by atoms with Crippen molar-refractivity contribution >= 4 is 21.9 Å². The fourth-order valence-electron chi connectivity index (χ4n) is 3.34. The molecule has 1 heterocycles. The molecule has 1 aromatic carbocycles. The first kappa shape index (κ1) is 19.6. The number of sulfonamides is 1. The first-order valence-corrected chi connectivity index (χ1v) is 10.4. The summed E-state index contributed by atoms with van der Waals surface area (Å²) in [6.07, 6.45) is 2.38. The normalized spacial score (nSPS) is 20.0. The van der Waals surface area contributed by atoms with E-state index in [0.29, 0.717) is 18.6 Å². The zero-order valence-electron chi connectivity index (χ0n) is 15.1. The van der Waals surface area contributed by atoms with Crippen LogP contribution in [0.1, 0.15) is 25.7 Å². The first-order chi connectivity index (χ1) is 12.8. The van der Waals surface area contributed by atoms with Gasteiger partial charge in [-0.2, -0.15) is 4.31 Å². The van der Waals surface area contributed by atoms with Gasteiger partial charge < -0.3 is 15.2 Å². The molecule has 0 radical (unpaired) electrons. The summed E-state index contributed by atoms with van der Waals surface area (Å²) in [5.74, 6) is -1.08. The summed E-state index contributed by atoms with van der Waals surface area (Å²) in [4.78, 5) is 23.8. The Kier molecular flexibility index (Phi) is 5.71. The number of piperidine rings is 1. The number of ether oxygens (including phenoxy) is 1. The average molecular weight is 396 g/mol. The quantitative estimate of drug-likeness (QED) is 0.713. The minimum absolute atomic E-state index is 0.0157. The number of amides is 1. The number of carboxylic acid groups (broad SMARTS) is 1. The number of carbonyl (C=O) groups excluding carboxylic acids is 1. The lowest BCUT2D eigenvalue weighted by Crippen LogP contribution is -2.48. The highest BCUT2D eigenvalue weighted by Gasteiger charge is 2.39. The van der Waals surface area contributed by atoms with Crippen molar-refractivity contribution in [2.75, 3.05) is 20.2 Å². The molecule has 1 saturated carbocycles. The van der Waals surface area contributed by atoms with Gasteiger partial charge in [-0.05, 0) is 55.9 Å². The monoisotopic (exact) mass is 396 g/mol. The topological polar surface area (TPSA) is 113 Å². The van der Waals surface area contributed by atoms with Crippen molar-refractivity contribution in [3.63, 3.8) is 0 Å². The van der Waals surface area contributed by atoms with Crippen LogP contribution in [0, 0.1) is 11.8 Å². The van der Waals surface area contributed by atoms with Crippen LogP contribution in [0.4, 0.5) is 0 Å². The van der Waals surface area contributed by atoms with E-state index in [0.717, 1.165) is 12.8 Å². The molecule has 2 aliphatic rings. The van der Waals surface area contributed by atoms with E-state index in [2.05, 4.69) is 5.32 Å². The van der Waals surface area contributed by atoms with Crippen molar-refractivity contribution in [1.29, 1.82) is 0 Å². The van der Waals surface area contributed by atoms with E-state index in [4.69, 9.17) is 4.74 Å². The molecule has 1 unspecified atom stereocenters. The van der Waals surface area contributed by atoms with E-state index >= 15 is 0 Å². The van der Waals surface area contributed by atoms with Crippen LogP contribution in [0.15, 0.2) is 29.2 Å². The molecule has 0 bridgehead atoms. The van der Waals surface area contributed by atoms with Crippen molar-refractivity contribution in [1.82, 2.24) is 9.62 Å². The highest BCUT2D eigenvalue weighted by atomic mass is 32.2. The Labute approximate surface area is 158 Å². The number of nitrogens with one attached hydrogen (secondary N) is 1. The van der Waals surface area contributed by atoms with Crippen molar-refractivity contribution < 1.29 is 27.9 Å². The van der Waals surface area contributed by atoms with Crippen molar-refractivity contribution in [3.8, 4) is 5.75 Å². The molecule has 3 rings (SSSR count). The highest BCUT2D eigenvalue weighted by Crippen LogP contribution is 2.33. The maximum Gasteiger partial charge on any atom is 0.326 e. The molecular formula is C18H24N2O6S. The van der Waals surface area contributed by atoms with Crippen molar-refractivity contribution in [2.45, 2.75) is 36.6 Å². The van der Waals surface area contributed by atoms with Crippen LogP contribution >= 0.6 is 0 Å². The second-order valence-electron chi connectivity index (χ2n) is 7.02. The maximum absolute atomic E-state index is 12.7. The summed E-state index contributed by atoms with van der Waals surface area (Å²) < 4.78 is 31.9. The summed E-state index contributed by atoms with van der Waals surface area (Å²) in [6, 6.07) is 5.35. The number of nitrogens with zero attached hydrogens (tertiary/aromatic N) is 1. The van der Waals surface area contributed by atoms with Gasteiger partial charge in [0.25, 0.3) is 0 Å². The van der Waals surface area contributed by atoms with Gasteiger partial charge in [-0.3, -0.25) is 4.79 Å². The largest absolute Gasteiger partial charge is 0.497 e. The molecule has 2 fully saturated rings. The lowest BCUT2D eigenvalue weighted by molar-refractivity contribution is -0.143. The molecule has 1 saturated heterocycles. The standard InChI is InChI=1S/C18H24N2O6S/c1-26-14-4-6-15(7-5-14)27(24,25)20-10-8-13(9-11-20)17(21)19-16(18(22)23)12-2-3-12/h4-7,12-13,16H,2-3,8-11H2,1H3,(H,19,21)(H,22,23). The SMILES string of the molecule is COc1ccc(S(=O)(=O)N2CCC(C(=O)NC(C(=O)O)C3CC3)CC2)cc1. The van der Waals surface area contributed by atoms with Crippen LogP contribution in [0.3, 0.4) is 0 Å². The zero-order valence-corrected chi connectivity index (χ0v) is 15.9. The Balaban J connectivity index is 1.58. The number of aliphatic carboxylic acids is 1. The van der Waals surface area contributed by atoms with Crippen molar-refractivity contribution in [2.24, 2.45) is 11.8 Å². The number of carbonyl (C=O) groups is 2. The zero-order chi connectivity index (χ0) is 19.6. The molecule has 0 aromatic heterocycles. The third-order valence-corrected chi connectivity index (χ3v) is 7.09. The second kappa shape index (κ2) is 7.85. The van der Waals surface area contributed by atoms with Crippen LogP contribution in [0.5, 0.6) is 5.75 Å². The number of carboxylic acids is 1. The Morgan fingerprint density at radius 1 is 1.15 bits per heavy atom. The van der Waals surface area contributed by atoms with Crippen molar-refractivity contribution in [3.05, 3.63) is 24.3 Å². The summed E-state index contributed by atoms with van der Waals surface area (Å²) in [6.45, 7) is 0.460. The summed E-state index contributed by atoms with van der Waals surface area (Å²) in [7, 11) is -2.11. The summed E-state index contributed by atoms with van der Waals surface area (Å²) in [5, 5.41) is 11.9. The number of rotatable bonds is 7. The average Bonchev–Trinajstić information content (AvgIpc) is 3.50. The Bertz CT molecular complexity index is 796. The number of benzene rings is 1. The van der Waals surface area contributed by atoms with E-state index in [1.54, 1.807) is 12.1 Å². The fraction of sp³-hybridized carbons (Fsp3) is 0.556. The molecule has 2 N–H and O–H groups in total. The van der Waals surface area contributed by atoms with Gasteiger partial charge >= 0.3 is 5.97 Å². The molecule has 27 heavy (non-hydrogen) atoms. The number of hydrogen-bond acceptors (Lipinski definition) is 5. The fourth-order valence-corrected chi connectivity index (χ4v) is 4.81. The summed E-state index contributed by atoms with van der Waals surface area (Å²) in [5.41, 5.74) is 0. The second-order valence-corrected chi connectivity index (χ2v) is 8.95. The predicted molar refractivity (Wildman–Crippen MR) is 96.8 cm³/mol. The van der Waals surface area contributed by atoms with Gasteiger partial charge in [0, 0.05) is 19.0 Å². The third kappa shape index (κ3) is 4.41. The van der Waals surface area contributed by atoms with Gasteiger partial charge in [0.2, 0.25) is 15.9 Å². The molecule has 1 aromatic rings. The molecule has 8 nitrogen and oxygen atoms in total. The van der Waals surface area contributed by atoms with Crippen LogP contribution < -0.4 is 10.1 Å². The molecule has 1 atom stereocenters. The molecule has 9 heteroatoms. The highest BCUT2D eigenvalue weighted by molar-refractivity contribution is 7.89. The summed E-state index contributed by atoms with van der Waals surface area (Å²) >= 11 is 0.